The lowest BCUT2D eigenvalue weighted by Crippen LogP contribution is -2.39. The molecule has 1 aliphatic rings. The van der Waals surface area contributed by atoms with Crippen LogP contribution in [0, 0.1) is 5.92 Å². The van der Waals surface area contributed by atoms with Gasteiger partial charge in [0.1, 0.15) is 0 Å². The largest absolute Gasteiger partial charge is 0.481 e. The lowest BCUT2D eigenvalue weighted by molar-refractivity contribution is -0.140. The van der Waals surface area contributed by atoms with Gasteiger partial charge < -0.3 is 15.7 Å². The molecular formula is C9H16N2O3. The third-order valence-electron chi connectivity index (χ3n) is 2.34. The van der Waals surface area contributed by atoms with E-state index in [-0.39, 0.29) is 18.4 Å². The Kier molecular flexibility index (Phi) is 3.88. The number of hydrogen-bond donors (Lipinski definition) is 3. The van der Waals surface area contributed by atoms with E-state index < -0.39 is 11.9 Å². The Bertz CT molecular complexity index is 224. The van der Waals surface area contributed by atoms with Crippen LogP contribution in [0.15, 0.2) is 0 Å². The van der Waals surface area contributed by atoms with Crippen molar-refractivity contribution >= 4 is 11.9 Å². The number of rotatable bonds is 4. The fraction of sp³-hybridized carbons (Fsp3) is 0.778. The van der Waals surface area contributed by atoms with E-state index in [9.17, 15) is 9.59 Å². The van der Waals surface area contributed by atoms with Crippen molar-refractivity contribution in [2.45, 2.75) is 25.8 Å². The Morgan fingerprint density at radius 1 is 1.64 bits per heavy atom. The Morgan fingerprint density at radius 3 is 2.86 bits per heavy atom. The molecular weight excluding hydrogens is 184 g/mol. The molecule has 0 bridgehead atoms. The van der Waals surface area contributed by atoms with Crippen molar-refractivity contribution in [2.24, 2.45) is 5.92 Å². The van der Waals surface area contributed by atoms with Crippen LogP contribution in [0.3, 0.4) is 0 Å². The minimum Gasteiger partial charge on any atom is -0.481 e. The molecule has 1 aliphatic heterocycles. The summed E-state index contributed by atoms with van der Waals surface area (Å²) in [6.45, 7) is 3.33. The fourth-order valence-electron chi connectivity index (χ4n) is 1.48. The van der Waals surface area contributed by atoms with Crippen molar-refractivity contribution in [1.82, 2.24) is 10.6 Å². The van der Waals surface area contributed by atoms with E-state index >= 15 is 0 Å². The summed E-state index contributed by atoms with van der Waals surface area (Å²) in [6, 6.07) is 0.166. The van der Waals surface area contributed by atoms with Gasteiger partial charge in [-0.15, -0.1) is 0 Å². The number of amides is 1. The number of hydrogen-bond acceptors (Lipinski definition) is 3. The topological polar surface area (TPSA) is 78.4 Å². The predicted octanol–water partition coefficient (Wildman–Crippen LogP) is -0.425. The van der Waals surface area contributed by atoms with Gasteiger partial charge in [0.05, 0.1) is 6.42 Å². The van der Waals surface area contributed by atoms with Crippen molar-refractivity contribution in [3.8, 4) is 0 Å². The molecule has 0 aromatic rings. The van der Waals surface area contributed by atoms with Gasteiger partial charge in [-0.2, -0.15) is 0 Å². The predicted molar refractivity (Wildman–Crippen MR) is 50.8 cm³/mol. The molecule has 0 unspecified atom stereocenters. The molecule has 5 nitrogen and oxygen atoms in total. The highest BCUT2D eigenvalue weighted by Gasteiger charge is 2.21. The molecule has 0 spiro atoms. The summed E-state index contributed by atoms with van der Waals surface area (Å²) >= 11 is 0. The van der Waals surface area contributed by atoms with Gasteiger partial charge in [0.15, 0.2) is 0 Å². The number of aliphatic carboxylic acids is 1. The van der Waals surface area contributed by atoms with E-state index in [2.05, 4.69) is 10.6 Å². The first-order valence-corrected chi connectivity index (χ1v) is 4.82. The maximum absolute atomic E-state index is 11.4. The molecule has 2 atom stereocenters. The van der Waals surface area contributed by atoms with Crippen LogP contribution in [0.1, 0.15) is 19.8 Å². The van der Waals surface area contributed by atoms with Crippen molar-refractivity contribution in [2.75, 3.05) is 13.1 Å². The smallest absolute Gasteiger partial charge is 0.304 e. The van der Waals surface area contributed by atoms with Gasteiger partial charge in [0.2, 0.25) is 5.91 Å². The van der Waals surface area contributed by atoms with Gasteiger partial charge in [0.25, 0.3) is 0 Å². The molecule has 1 heterocycles. The Morgan fingerprint density at radius 2 is 2.36 bits per heavy atom. The van der Waals surface area contributed by atoms with Crippen molar-refractivity contribution in [3.05, 3.63) is 0 Å². The van der Waals surface area contributed by atoms with Crippen LogP contribution in [0.2, 0.25) is 0 Å². The Hall–Kier alpha value is -1.10. The van der Waals surface area contributed by atoms with E-state index in [4.69, 9.17) is 5.11 Å². The molecule has 3 N–H and O–H groups in total. The Labute approximate surface area is 82.9 Å². The lowest BCUT2D eigenvalue weighted by atomic mass is 10.1. The molecule has 1 rings (SSSR count). The highest BCUT2D eigenvalue weighted by atomic mass is 16.4. The van der Waals surface area contributed by atoms with Crippen LogP contribution in [-0.4, -0.2) is 36.1 Å². The first kappa shape index (κ1) is 11.0. The quantitative estimate of drug-likeness (QED) is 0.575. The van der Waals surface area contributed by atoms with Crippen LogP contribution >= 0.6 is 0 Å². The second-order valence-electron chi connectivity index (χ2n) is 3.70. The summed E-state index contributed by atoms with van der Waals surface area (Å²) in [5.74, 6) is -1.55. The average molecular weight is 200 g/mol. The minimum atomic E-state index is -0.933. The maximum Gasteiger partial charge on any atom is 0.304 e. The number of carboxylic acid groups (broad SMARTS) is 1. The molecule has 80 valence electrons. The zero-order valence-corrected chi connectivity index (χ0v) is 8.25. The number of carbonyl (C=O) groups excluding carboxylic acids is 1. The van der Waals surface area contributed by atoms with Gasteiger partial charge in [-0.1, -0.05) is 6.92 Å². The standard InChI is InChI=1S/C9H16N2O3/c1-6(4-8(12)13)9(14)11-7-2-3-10-5-7/h6-7,10H,2-5H2,1H3,(H,11,14)(H,12,13)/t6-,7-/m0/s1. The molecule has 0 aromatic heterocycles. The maximum atomic E-state index is 11.4. The molecule has 14 heavy (non-hydrogen) atoms. The first-order valence-electron chi connectivity index (χ1n) is 4.82. The number of nitrogens with one attached hydrogen (secondary N) is 2. The van der Waals surface area contributed by atoms with E-state index in [1.54, 1.807) is 6.92 Å². The van der Waals surface area contributed by atoms with Crippen LogP contribution in [0.25, 0.3) is 0 Å². The van der Waals surface area contributed by atoms with E-state index in [1.807, 2.05) is 0 Å². The fourth-order valence-corrected chi connectivity index (χ4v) is 1.48. The molecule has 0 aromatic carbocycles. The van der Waals surface area contributed by atoms with Gasteiger partial charge in [-0.25, -0.2) is 0 Å². The van der Waals surface area contributed by atoms with Crippen LogP contribution in [0.5, 0.6) is 0 Å². The highest BCUT2D eigenvalue weighted by Crippen LogP contribution is 2.04. The van der Waals surface area contributed by atoms with Gasteiger partial charge in [-0.05, 0) is 13.0 Å². The summed E-state index contributed by atoms with van der Waals surface area (Å²) in [6.07, 6.45) is 0.817. The molecule has 1 amide bonds. The molecule has 1 fully saturated rings. The van der Waals surface area contributed by atoms with Crippen LogP contribution < -0.4 is 10.6 Å². The minimum absolute atomic E-state index is 0.105. The SMILES string of the molecule is C[C@@H](CC(=O)O)C(=O)N[C@H]1CCNC1. The second kappa shape index (κ2) is 4.95. The van der Waals surface area contributed by atoms with E-state index in [0.29, 0.717) is 0 Å². The summed E-state index contributed by atoms with van der Waals surface area (Å²) in [5, 5.41) is 14.4. The zero-order chi connectivity index (χ0) is 10.6. The highest BCUT2D eigenvalue weighted by molar-refractivity contribution is 5.83. The monoisotopic (exact) mass is 200 g/mol. The number of carbonyl (C=O) groups is 2. The first-order chi connectivity index (χ1) is 6.59. The molecule has 0 saturated carbocycles. The third kappa shape index (κ3) is 3.33. The third-order valence-corrected chi connectivity index (χ3v) is 2.34. The molecule has 1 saturated heterocycles. The molecule has 0 aliphatic carbocycles. The molecule has 5 heteroatoms. The zero-order valence-electron chi connectivity index (χ0n) is 8.25. The lowest BCUT2D eigenvalue weighted by Gasteiger charge is -2.14. The van der Waals surface area contributed by atoms with Gasteiger partial charge in [0, 0.05) is 18.5 Å². The van der Waals surface area contributed by atoms with E-state index in [1.165, 1.54) is 0 Å². The average Bonchev–Trinajstić information content (AvgIpc) is 2.55. The van der Waals surface area contributed by atoms with E-state index in [0.717, 1.165) is 19.5 Å². The van der Waals surface area contributed by atoms with Crippen molar-refractivity contribution < 1.29 is 14.7 Å². The van der Waals surface area contributed by atoms with Gasteiger partial charge in [-0.3, -0.25) is 9.59 Å². The van der Waals surface area contributed by atoms with Crippen LogP contribution in [0.4, 0.5) is 0 Å². The Balaban J connectivity index is 2.29. The number of carboxylic acids is 1. The van der Waals surface area contributed by atoms with Crippen LogP contribution in [-0.2, 0) is 9.59 Å². The second-order valence-corrected chi connectivity index (χ2v) is 3.70. The summed E-state index contributed by atoms with van der Waals surface area (Å²) < 4.78 is 0. The molecule has 0 radical (unpaired) electrons. The van der Waals surface area contributed by atoms with Crippen molar-refractivity contribution in [1.29, 1.82) is 0 Å². The summed E-state index contributed by atoms with van der Waals surface area (Å²) in [4.78, 5) is 21.8. The normalized spacial score (nSPS) is 23.1. The summed E-state index contributed by atoms with van der Waals surface area (Å²) in [7, 11) is 0. The van der Waals surface area contributed by atoms with Crippen molar-refractivity contribution in [3.63, 3.8) is 0 Å². The summed E-state index contributed by atoms with van der Waals surface area (Å²) in [5.41, 5.74) is 0. The van der Waals surface area contributed by atoms with Gasteiger partial charge >= 0.3 is 5.97 Å².